The molecule has 4 rings (SSSR count). The fourth-order valence-corrected chi connectivity index (χ4v) is 3.09. The Hall–Kier alpha value is -2.46. The molecule has 2 aromatic rings. The van der Waals surface area contributed by atoms with Crippen LogP contribution >= 0.6 is 11.6 Å². The Morgan fingerprint density at radius 1 is 1.17 bits per heavy atom. The highest BCUT2D eigenvalue weighted by Gasteiger charge is 2.30. The Labute approximate surface area is 146 Å². The molecule has 2 heterocycles. The smallest absolute Gasteiger partial charge is 0.292 e. The Balaban J connectivity index is 1.37. The molecule has 2 aliphatic rings. The first-order valence-electron chi connectivity index (χ1n) is 7.92. The van der Waals surface area contributed by atoms with Crippen LogP contribution in [-0.4, -0.2) is 36.7 Å². The quantitative estimate of drug-likeness (QED) is 0.844. The number of nitrogens with zero attached hydrogens (tertiary/aromatic N) is 2. The van der Waals surface area contributed by atoms with Gasteiger partial charge in [-0.15, -0.1) is 0 Å². The van der Waals surface area contributed by atoms with Gasteiger partial charge in [0.15, 0.2) is 6.10 Å². The number of hydrogen-bond donors (Lipinski definition) is 0. The lowest BCUT2D eigenvalue weighted by Gasteiger charge is -2.14. The van der Waals surface area contributed by atoms with Crippen molar-refractivity contribution in [2.45, 2.75) is 6.10 Å². The van der Waals surface area contributed by atoms with Crippen LogP contribution in [0.1, 0.15) is 0 Å². The van der Waals surface area contributed by atoms with Gasteiger partial charge in [-0.05, 0) is 29.8 Å². The molecule has 0 N–H and O–H groups in total. The molecule has 122 valence electrons. The summed E-state index contributed by atoms with van der Waals surface area (Å²) < 4.78 is 11.6. The van der Waals surface area contributed by atoms with Crippen molar-refractivity contribution in [3.8, 4) is 16.9 Å². The summed E-state index contributed by atoms with van der Waals surface area (Å²) in [6, 6.07) is 16.5. The molecule has 0 aromatic heterocycles. The molecule has 0 unspecified atom stereocenters. The highest BCUT2D eigenvalue weighted by Crippen LogP contribution is 2.29. The van der Waals surface area contributed by atoms with Crippen molar-refractivity contribution in [1.29, 1.82) is 0 Å². The molecule has 5 heteroatoms. The topological polar surface area (TPSA) is 34.1 Å². The summed E-state index contributed by atoms with van der Waals surface area (Å²) in [6.45, 7) is 2.16. The average molecular weight is 341 g/mol. The van der Waals surface area contributed by atoms with Gasteiger partial charge in [-0.2, -0.15) is 0 Å². The summed E-state index contributed by atoms with van der Waals surface area (Å²) in [5, 5.41) is 0.747. The number of hydrogen-bond acceptors (Lipinski definition) is 4. The first-order chi connectivity index (χ1) is 11.8. The predicted octanol–water partition coefficient (Wildman–Crippen LogP) is 3.97. The van der Waals surface area contributed by atoms with E-state index in [2.05, 4.69) is 9.89 Å². The van der Waals surface area contributed by atoms with E-state index in [1.807, 2.05) is 54.6 Å². The predicted molar refractivity (Wildman–Crippen MR) is 95.4 cm³/mol. The molecule has 1 saturated heterocycles. The van der Waals surface area contributed by atoms with Gasteiger partial charge in [-0.25, -0.2) is 4.99 Å². The number of fused-ring (bicyclic) bond motifs is 1. The zero-order valence-electron chi connectivity index (χ0n) is 13.1. The van der Waals surface area contributed by atoms with Gasteiger partial charge in [0.05, 0.1) is 6.54 Å². The monoisotopic (exact) mass is 340 g/mol. The summed E-state index contributed by atoms with van der Waals surface area (Å²) in [5.41, 5.74) is 2.09. The summed E-state index contributed by atoms with van der Waals surface area (Å²) in [7, 11) is 0. The largest absolute Gasteiger partial charge is 0.490 e. The van der Waals surface area contributed by atoms with E-state index in [4.69, 9.17) is 21.1 Å². The molecule has 1 fully saturated rings. The molecule has 0 bridgehead atoms. The molecular weight excluding hydrogens is 324 g/mol. The average Bonchev–Trinajstić information content (AvgIpc) is 3.04. The van der Waals surface area contributed by atoms with Crippen molar-refractivity contribution >= 4 is 17.6 Å². The van der Waals surface area contributed by atoms with E-state index in [1.54, 1.807) is 6.20 Å². The normalized spacial score (nSPS) is 18.8. The molecule has 0 aliphatic carbocycles. The number of halogens is 1. The van der Waals surface area contributed by atoms with E-state index in [0.29, 0.717) is 12.6 Å². The van der Waals surface area contributed by atoms with Gasteiger partial charge in [-0.3, -0.25) is 0 Å². The third-order valence-electron chi connectivity index (χ3n) is 4.06. The lowest BCUT2D eigenvalue weighted by Crippen LogP contribution is -2.28. The van der Waals surface area contributed by atoms with Crippen molar-refractivity contribution in [3.05, 3.63) is 65.8 Å². The molecule has 2 aliphatic heterocycles. The minimum atomic E-state index is 0.00638. The van der Waals surface area contributed by atoms with Crippen LogP contribution in [-0.2, 0) is 4.74 Å². The zero-order chi connectivity index (χ0) is 16.4. The Morgan fingerprint density at radius 2 is 2.00 bits per heavy atom. The maximum Gasteiger partial charge on any atom is 0.292 e. The van der Waals surface area contributed by atoms with Gasteiger partial charge in [0, 0.05) is 23.3 Å². The number of rotatable bonds is 4. The van der Waals surface area contributed by atoms with Crippen molar-refractivity contribution < 1.29 is 9.47 Å². The van der Waals surface area contributed by atoms with Crippen molar-refractivity contribution in [3.63, 3.8) is 0 Å². The van der Waals surface area contributed by atoms with E-state index >= 15 is 0 Å². The number of aliphatic imine (C=N–C) groups is 1. The lowest BCUT2D eigenvalue weighted by atomic mass is 10.1. The maximum absolute atomic E-state index is 6.24. The van der Waals surface area contributed by atoms with Gasteiger partial charge in [0.25, 0.3) is 6.02 Å². The first-order valence-corrected chi connectivity index (χ1v) is 8.29. The maximum atomic E-state index is 6.24. The minimum Gasteiger partial charge on any atom is -0.490 e. The van der Waals surface area contributed by atoms with Gasteiger partial charge < -0.3 is 14.4 Å². The summed E-state index contributed by atoms with van der Waals surface area (Å²) in [4.78, 5) is 6.33. The third-order valence-corrected chi connectivity index (χ3v) is 4.39. The SMILES string of the molecule is Clc1ccccc1-c1ccc(OC[C@@H]2CN3CC=CN=C3O2)cc1. The van der Waals surface area contributed by atoms with E-state index < -0.39 is 0 Å². The summed E-state index contributed by atoms with van der Waals surface area (Å²) in [6.07, 6.45) is 3.80. The van der Waals surface area contributed by atoms with Crippen LogP contribution in [0.2, 0.25) is 5.02 Å². The first kappa shape index (κ1) is 15.1. The molecule has 0 radical (unpaired) electrons. The molecule has 24 heavy (non-hydrogen) atoms. The van der Waals surface area contributed by atoms with Gasteiger partial charge in [-0.1, -0.05) is 41.9 Å². The van der Waals surface area contributed by atoms with Crippen molar-refractivity contribution in [1.82, 2.24) is 4.90 Å². The van der Waals surface area contributed by atoms with Crippen LogP contribution in [0.4, 0.5) is 0 Å². The molecule has 2 aromatic carbocycles. The van der Waals surface area contributed by atoms with Crippen molar-refractivity contribution in [2.75, 3.05) is 19.7 Å². The van der Waals surface area contributed by atoms with Gasteiger partial charge in [0.2, 0.25) is 0 Å². The molecule has 0 amide bonds. The van der Waals surface area contributed by atoms with E-state index in [9.17, 15) is 0 Å². The molecule has 0 spiro atoms. The van der Waals surface area contributed by atoms with Gasteiger partial charge >= 0.3 is 0 Å². The lowest BCUT2D eigenvalue weighted by molar-refractivity contribution is 0.146. The second-order valence-corrected chi connectivity index (χ2v) is 6.16. The Kier molecular flexibility index (Phi) is 4.13. The fourth-order valence-electron chi connectivity index (χ4n) is 2.84. The standard InChI is InChI=1S/C19H17ClN2O2/c20-18-5-2-1-4-17(18)14-6-8-15(9-7-14)23-13-16-12-22-11-3-10-21-19(22)24-16/h1-10,16H,11-13H2/t16-/m0/s1. The highest BCUT2D eigenvalue weighted by molar-refractivity contribution is 6.33. The summed E-state index contributed by atoms with van der Waals surface area (Å²) in [5.74, 6) is 0.819. The second-order valence-electron chi connectivity index (χ2n) is 5.76. The number of benzene rings is 2. The Bertz CT molecular complexity index is 786. The van der Waals surface area contributed by atoms with E-state index in [0.717, 1.165) is 35.0 Å². The fraction of sp³-hybridized carbons (Fsp3) is 0.211. The molecule has 1 atom stereocenters. The van der Waals surface area contributed by atoms with Crippen LogP contribution < -0.4 is 4.74 Å². The molecule has 0 saturated carbocycles. The van der Waals surface area contributed by atoms with Crippen LogP contribution in [0.3, 0.4) is 0 Å². The molecule has 4 nitrogen and oxygen atoms in total. The highest BCUT2D eigenvalue weighted by atomic mass is 35.5. The van der Waals surface area contributed by atoms with E-state index in [-0.39, 0.29) is 6.10 Å². The van der Waals surface area contributed by atoms with Crippen LogP contribution in [0, 0.1) is 0 Å². The number of ether oxygens (including phenoxy) is 2. The molecular formula is C19H17ClN2O2. The van der Waals surface area contributed by atoms with Crippen LogP contribution in [0.15, 0.2) is 65.8 Å². The summed E-state index contributed by atoms with van der Waals surface area (Å²) >= 11 is 6.24. The minimum absolute atomic E-state index is 0.00638. The number of amidine groups is 1. The van der Waals surface area contributed by atoms with Crippen molar-refractivity contribution in [2.24, 2.45) is 4.99 Å². The second kappa shape index (κ2) is 6.57. The van der Waals surface area contributed by atoms with Crippen LogP contribution in [0.5, 0.6) is 5.75 Å². The third kappa shape index (κ3) is 3.10. The van der Waals surface area contributed by atoms with E-state index in [1.165, 1.54) is 0 Å². The van der Waals surface area contributed by atoms with Crippen LogP contribution in [0.25, 0.3) is 11.1 Å². The zero-order valence-corrected chi connectivity index (χ0v) is 13.8. The van der Waals surface area contributed by atoms with Gasteiger partial charge in [0.1, 0.15) is 12.4 Å². The Morgan fingerprint density at radius 3 is 2.79 bits per heavy atom.